The number of hydrogen-bond donors (Lipinski definition) is 2. The van der Waals surface area contributed by atoms with Gasteiger partial charge in [0.25, 0.3) is 5.91 Å². The average Bonchev–Trinajstić information content (AvgIpc) is 2.69. The van der Waals surface area contributed by atoms with Gasteiger partial charge in [0.2, 0.25) is 0 Å². The number of aromatic nitrogens is 1. The molecule has 134 valence electrons. The van der Waals surface area contributed by atoms with E-state index in [-0.39, 0.29) is 23.6 Å². The quantitative estimate of drug-likeness (QED) is 0.881. The van der Waals surface area contributed by atoms with E-state index in [2.05, 4.69) is 15.3 Å². The van der Waals surface area contributed by atoms with Gasteiger partial charge in [-0.15, -0.1) is 0 Å². The topological polar surface area (TPSA) is 80.4 Å². The van der Waals surface area contributed by atoms with Crippen LogP contribution in [0.5, 0.6) is 0 Å². The lowest BCUT2D eigenvalue weighted by molar-refractivity contribution is -0.113. The molecule has 5 nitrogen and oxygen atoms in total. The molecule has 3 N–H and O–H groups in total. The molecule has 1 aliphatic heterocycles. The van der Waals surface area contributed by atoms with Crippen molar-refractivity contribution >= 4 is 23.0 Å². The van der Waals surface area contributed by atoms with Crippen LogP contribution in [0, 0.1) is 17.7 Å². The Bertz CT molecular complexity index is 1010. The number of amides is 1. The van der Waals surface area contributed by atoms with Crippen LogP contribution in [0.4, 0.5) is 10.1 Å². The van der Waals surface area contributed by atoms with E-state index in [1.54, 1.807) is 30.6 Å². The fraction of sp³-hybridized carbons (Fsp3) is 0.0952. The highest BCUT2D eigenvalue weighted by Crippen LogP contribution is 2.35. The predicted octanol–water partition coefficient (Wildman–Crippen LogP) is 3.30. The summed E-state index contributed by atoms with van der Waals surface area (Å²) >= 11 is 0. The van der Waals surface area contributed by atoms with Crippen LogP contribution in [0.25, 0.3) is 5.57 Å². The van der Waals surface area contributed by atoms with Gasteiger partial charge in [-0.2, -0.15) is 0 Å². The first-order valence-corrected chi connectivity index (χ1v) is 8.52. The van der Waals surface area contributed by atoms with Gasteiger partial charge in [0.15, 0.2) is 0 Å². The van der Waals surface area contributed by atoms with Crippen LogP contribution in [0.3, 0.4) is 0 Å². The van der Waals surface area contributed by atoms with Gasteiger partial charge in [-0.05, 0) is 35.4 Å². The van der Waals surface area contributed by atoms with Crippen molar-refractivity contribution in [3.05, 3.63) is 90.2 Å². The molecule has 2 aliphatic rings. The maximum absolute atomic E-state index is 13.5. The highest BCUT2D eigenvalue weighted by Gasteiger charge is 2.33. The number of nitrogens with two attached hydrogens (primary N) is 1. The molecule has 6 heteroatoms. The Morgan fingerprint density at radius 3 is 2.85 bits per heavy atom. The molecule has 0 radical (unpaired) electrons. The van der Waals surface area contributed by atoms with Crippen LogP contribution in [-0.4, -0.2) is 16.7 Å². The van der Waals surface area contributed by atoms with Gasteiger partial charge in [-0.3, -0.25) is 9.78 Å². The number of pyridine rings is 1. The fourth-order valence-corrected chi connectivity index (χ4v) is 3.27. The molecule has 27 heavy (non-hydrogen) atoms. The number of nitrogens with one attached hydrogen (secondary N) is 1. The molecule has 0 fully saturated rings. The number of aliphatic imine (C=N–C) groups is 1. The molecule has 4 rings (SSSR count). The summed E-state index contributed by atoms with van der Waals surface area (Å²) in [4.78, 5) is 20.9. The minimum absolute atomic E-state index is 0.225. The molecule has 0 spiro atoms. The second kappa shape index (κ2) is 6.99. The van der Waals surface area contributed by atoms with Crippen LogP contribution < -0.4 is 11.1 Å². The van der Waals surface area contributed by atoms with Crippen molar-refractivity contribution in [2.45, 2.75) is 0 Å². The zero-order valence-corrected chi connectivity index (χ0v) is 14.3. The number of hydrogen-bond acceptors (Lipinski definition) is 4. The van der Waals surface area contributed by atoms with Crippen molar-refractivity contribution in [1.82, 2.24) is 4.98 Å². The first-order valence-electron chi connectivity index (χ1n) is 8.52. The zero-order valence-electron chi connectivity index (χ0n) is 14.3. The lowest BCUT2D eigenvalue weighted by Gasteiger charge is -2.29. The predicted molar refractivity (Wildman–Crippen MR) is 103 cm³/mol. The molecule has 0 bridgehead atoms. The largest absolute Gasteiger partial charge is 0.387 e. The number of carbonyl (C=O) groups is 1. The molecule has 0 saturated carbocycles. The summed E-state index contributed by atoms with van der Waals surface area (Å²) in [6, 6.07) is 9.89. The molecule has 0 saturated heterocycles. The molecule has 1 aromatic carbocycles. The standard InChI is InChI=1S/C21H17FN4O/c22-15-4-1-3-13(9-15)14-6-7-17-18(10-14)20(23)25-12-19(17)21(27)26-16-5-2-8-24-11-16/h1-12,17-18H,(H2,23,25)(H,26,27). The zero-order chi connectivity index (χ0) is 18.8. The molecule has 1 amide bonds. The van der Waals surface area contributed by atoms with E-state index < -0.39 is 0 Å². The third-order valence-corrected chi connectivity index (χ3v) is 4.62. The van der Waals surface area contributed by atoms with Crippen LogP contribution in [0.2, 0.25) is 0 Å². The second-order valence-corrected chi connectivity index (χ2v) is 6.38. The summed E-state index contributed by atoms with van der Waals surface area (Å²) in [5, 5.41) is 2.83. The van der Waals surface area contributed by atoms with Crippen LogP contribution in [-0.2, 0) is 4.79 Å². The van der Waals surface area contributed by atoms with Gasteiger partial charge in [0, 0.05) is 29.8 Å². The Labute approximate surface area is 155 Å². The highest BCUT2D eigenvalue weighted by atomic mass is 19.1. The molecule has 1 aromatic heterocycles. The number of allylic oxidation sites excluding steroid dienone is 3. The van der Waals surface area contributed by atoms with Crippen molar-refractivity contribution < 1.29 is 9.18 Å². The van der Waals surface area contributed by atoms with E-state index in [9.17, 15) is 9.18 Å². The van der Waals surface area contributed by atoms with Crippen LogP contribution >= 0.6 is 0 Å². The average molecular weight is 360 g/mol. The Morgan fingerprint density at radius 1 is 1.19 bits per heavy atom. The summed E-state index contributed by atoms with van der Waals surface area (Å²) in [5.74, 6) is -0.604. The Kier molecular flexibility index (Phi) is 4.38. The summed E-state index contributed by atoms with van der Waals surface area (Å²) in [6.07, 6.45) is 10.5. The normalized spacial score (nSPS) is 20.9. The summed E-state index contributed by atoms with van der Waals surface area (Å²) < 4.78 is 13.5. The number of carbonyl (C=O) groups excluding carboxylic acids is 1. The summed E-state index contributed by atoms with van der Waals surface area (Å²) in [5.41, 5.74) is 8.82. The fourth-order valence-electron chi connectivity index (χ4n) is 3.27. The first-order chi connectivity index (χ1) is 13.1. The Hall–Kier alpha value is -3.54. The van der Waals surface area contributed by atoms with Crippen molar-refractivity contribution in [3.63, 3.8) is 0 Å². The molecule has 2 atom stereocenters. The molecule has 2 heterocycles. The van der Waals surface area contributed by atoms with Gasteiger partial charge >= 0.3 is 0 Å². The lowest BCUT2D eigenvalue weighted by Crippen LogP contribution is -2.36. The summed E-state index contributed by atoms with van der Waals surface area (Å²) in [7, 11) is 0. The maximum Gasteiger partial charge on any atom is 0.253 e. The van der Waals surface area contributed by atoms with Crippen molar-refractivity contribution in [2.24, 2.45) is 22.6 Å². The molecule has 2 aromatic rings. The van der Waals surface area contributed by atoms with E-state index in [1.807, 2.05) is 24.3 Å². The Morgan fingerprint density at radius 2 is 2.07 bits per heavy atom. The lowest BCUT2D eigenvalue weighted by atomic mass is 9.77. The van der Waals surface area contributed by atoms with E-state index in [0.29, 0.717) is 17.1 Å². The molecular formula is C21H17FN4O. The number of anilines is 1. The second-order valence-electron chi connectivity index (χ2n) is 6.38. The van der Waals surface area contributed by atoms with E-state index >= 15 is 0 Å². The van der Waals surface area contributed by atoms with Gasteiger partial charge in [0.1, 0.15) is 11.7 Å². The van der Waals surface area contributed by atoms with E-state index in [4.69, 9.17) is 5.73 Å². The molecule has 1 aliphatic carbocycles. The number of amidine groups is 1. The smallest absolute Gasteiger partial charge is 0.253 e. The minimum Gasteiger partial charge on any atom is -0.387 e. The van der Waals surface area contributed by atoms with E-state index in [1.165, 1.54) is 18.3 Å². The third-order valence-electron chi connectivity index (χ3n) is 4.62. The minimum atomic E-state index is -0.300. The number of rotatable bonds is 3. The number of nitrogens with zero attached hydrogens (tertiary/aromatic N) is 2. The van der Waals surface area contributed by atoms with Crippen LogP contribution in [0.15, 0.2) is 83.8 Å². The molecule has 2 unspecified atom stereocenters. The van der Waals surface area contributed by atoms with Gasteiger partial charge in [0.05, 0.1) is 11.9 Å². The van der Waals surface area contributed by atoms with Gasteiger partial charge in [-0.25, -0.2) is 9.38 Å². The number of benzene rings is 1. The Balaban J connectivity index is 1.60. The van der Waals surface area contributed by atoms with Gasteiger partial charge < -0.3 is 11.1 Å². The highest BCUT2D eigenvalue weighted by molar-refractivity contribution is 6.06. The van der Waals surface area contributed by atoms with Gasteiger partial charge in [-0.1, -0.05) is 30.4 Å². The van der Waals surface area contributed by atoms with Crippen molar-refractivity contribution in [1.29, 1.82) is 0 Å². The number of halogens is 1. The SMILES string of the molecule is NC1=NC=C(C(=O)Nc2cccnc2)C2C=CC(c3cccc(F)c3)=CC12. The van der Waals surface area contributed by atoms with Crippen molar-refractivity contribution in [2.75, 3.05) is 5.32 Å². The third kappa shape index (κ3) is 3.42. The van der Waals surface area contributed by atoms with Crippen LogP contribution in [0.1, 0.15) is 5.56 Å². The number of fused-ring (bicyclic) bond motifs is 1. The molecular weight excluding hydrogens is 343 g/mol. The van der Waals surface area contributed by atoms with E-state index in [0.717, 1.165) is 11.1 Å². The maximum atomic E-state index is 13.5. The summed E-state index contributed by atoms with van der Waals surface area (Å²) in [6.45, 7) is 0. The van der Waals surface area contributed by atoms with Crippen molar-refractivity contribution in [3.8, 4) is 0 Å². The first kappa shape index (κ1) is 16.9. The monoisotopic (exact) mass is 360 g/mol.